The second-order valence-corrected chi connectivity index (χ2v) is 8.14. The molecule has 1 aromatic heterocycles. The molecule has 4 nitrogen and oxygen atoms in total. The Labute approximate surface area is 140 Å². The van der Waals surface area contributed by atoms with Crippen molar-refractivity contribution in [2.75, 3.05) is 13.1 Å². The van der Waals surface area contributed by atoms with Gasteiger partial charge in [0.25, 0.3) is 0 Å². The normalized spacial score (nSPS) is 29.2. The van der Waals surface area contributed by atoms with Crippen molar-refractivity contribution in [3.05, 3.63) is 17.5 Å². The van der Waals surface area contributed by atoms with Gasteiger partial charge >= 0.3 is 0 Å². The van der Waals surface area contributed by atoms with Gasteiger partial charge in [0, 0.05) is 49.9 Å². The average molecular weight is 327 g/mol. The Morgan fingerprint density at radius 2 is 2.00 bits per heavy atom. The van der Waals surface area contributed by atoms with Crippen molar-refractivity contribution in [1.29, 1.82) is 0 Å². The van der Waals surface area contributed by atoms with E-state index < -0.39 is 0 Å². The molecule has 3 rings (SSSR count). The summed E-state index contributed by atoms with van der Waals surface area (Å²) in [4.78, 5) is 2.60. The van der Waals surface area contributed by atoms with Gasteiger partial charge in [-0.15, -0.1) is 12.4 Å². The van der Waals surface area contributed by atoms with Crippen LogP contribution >= 0.6 is 12.4 Å². The first kappa shape index (κ1) is 17.8. The van der Waals surface area contributed by atoms with E-state index >= 15 is 0 Å². The van der Waals surface area contributed by atoms with Gasteiger partial charge in [-0.25, -0.2) is 0 Å². The minimum atomic E-state index is 0. The largest absolute Gasteiger partial charge is 0.327 e. The molecule has 126 valence electrons. The number of aryl methyl sites for hydroxylation is 1. The summed E-state index contributed by atoms with van der Waals surface area (Å²) in [6.07, 6.45) is 6.10. The monoisotopic (exact) mass is 326 g/mol. The third-order valence-electron chi connectivity index (χ3n) is 5.24. The zero-order valence-electron chi connectivity index (χ0n) is 14.4. The Morgan fingerprint density at radius 3 is 2.64 bits per heavy atom. The van der Waals surface area contributed by atoms with Gasteiger partial charge < -0.3 is 5.73 Å². The van der Waals surface area contributed by atoms with Crippen molar-refractivity contribution in [3.63, 3.8) is 0 Å². The summed E-state index contributed by atoms with van der Waals surface area (Å²) in [5.74, 6) is 1.54. The van der Waals surface area contributed by atoms with Crippen LogP contribution < -0.4 is 5.73 Å². The first-order chi connectivity index (χ1) is 9.84. The Hall–Kier alpha value is -0.580. The molecule has 5 heteroatoms. The fourth-order valence-corrected chi connectivity index (χ4v) is 4.26. The maximum Gasteiger partial charge on any atom is 0.0722 e. The number of hydrogen-bond donors (Lipinski definition) is 1. The number of fused-ring (bicyclic) bond motifs is 1. The Balaban J connectivity index is 0.00000176. The molecule has 3 unspecified atom stereocenters. The molecule has 1 saturated heterocycles. The van der Waals surface area contributed by atoms with Gasteiger partial charge in [0.2, 0.25) is 0 Å². The average Bonchev–Trinajstić information content (AvgIpc) is 2.93. The van der Waals surface area contributed by atoms with Crippen molar-refractivity contribution >= 4 is 12.4 Å². The topological polar surface area (TPSA) is 47.1 Å². The van der Waals surface area contributed by atoms with Crippen LogP contribution in [0.15, 0.2) is 6.20 Å². The highest BCUT2D eigenvalue weighted by molar-refractivity contribution is 5.85. The summed E-state index contributed by atoms with van der Waals surface area (Å²) in [5, 5.41) is 4.69. The Bertz CT molecular complexity index is 505. The summed E-state index contributed by atoms with van der Waals surface area (Å²) >= 11 is 0. The number of nitrogens with two attached hydrogens (primary N) is 1. The third kappa shape index (κ3) is 3.50. The van der Waals surface area contributed by atoms with Crippen molar-refractivity contribution in [1.82, 2.24) is 14.7 Å². The molecule has 1 aliphatic carbocycles. The number of rotatable bonds is 2. The molecule has 1 aliphatic heterocycles. The molecule has 1 aromatic rings. The van der Waals surface area contributed by atoms with Crippen LogP contribution in [0.3, 0.4) is 0 Å². The van der Waals surface area contributed by atoms with Crippen molar-refractivity contribution in [3.8, 4) is 0 Å². The summed E-state index contributed by atoms with van der Waals surface area (Å²) in [6.45, 7) is 10.2. The van der Waals surface area contributed by atoms with E-state index in [1.165, 1.54) is 43.6 Å². The van der Waals surface area contributed by atoms with Crippen LogP contribution in [-0.4, -0.2) is 33.8 Å². The lowest BCUT2D eigenvalue weighted by molar-refractivity contribution is 0.259. The standard InChI is InChI=1S/C17H30N4.ClH/c1-17(2,3)16-13(8-20(4)19-16)10-21-9-12-6-5-7-15(18)14(12)11-21;/h8,12,14-15H,5-7,9-11,18H2,1-4H3;1H. The number of nitrogens with zero attached hydrogens (tertiary/aromatic N) is 3. The zero-order valence-corrected chi connectivity index (χ0v) is 15.2. The predicted molar refractivity (Wildman–Crippen MR) is 93.2 cm³/mol. The van der Waals surface area contributed by atoms with E-state index in [0.29, 0.717) is 12.0 Å². The van der Waals surface area contributed by atoms with E-state index in [4.69, 9.17) is 10.8 Å². The summed E-state index contributed by atoms with van der Waals surface area (Å²) < 4.78 is 1.96. The number of likely N-dealkylation sites (tertiary alicyclic amines) is 1. The SMILES string of the molecule is Cl.Cn1cc(CN2CC3CCCC(N)C3C2)c(C(C)(C)C)n1. The summed E-state index contributed by atoms with van der Waals surface area (Å²) in [5.41, 5.74) is 9.07. The molecular weight excluding hydrogens is 296 g/mol. The number of hydrogen-bond acceptors (Lipinski definition) is 3. The lowest BCUT2D eigenvalue weighted by Crippen LogP contribution is -2.38. The summed E-state index contributed by atoms with van der Waals surface area (Å²) in [7, 11) is 2.03. The quantitative estimate of drug-likeness (QED) is 0.909. The van der Waals surface area contributed by atoms with Crippen LogP contribution in [0.2, 0.25) is 0 Å². The molecule has 0 aromatic carbocycles. The highest BCUT2D eigenvalue weighted by Gasteiger charge is 2.39. The van der Waals surface area contributed by atoms with Gasteiger partial charge in [-0.05, 0) is 24.7 Å². The van der Waals surface area contributed by atoms with Crippen LogP contribution in [0.1, 0.15) is 51.3 Å². The second-order valence-electron chi connectivity index (χ2n) is 8.14. The van der Waals surface area contributed by atoms with Crippen LogP contribution in [-0.2, 0) is 19.0 Å². The van der Waals surface area contributed by atoms with E-state index in [9.17, 15) is 0 Å². The van der Waals surface area contributed by atoms with E-state index in [-0.39, 0.29) is 17.8 Å². The first-order valence-electron chi connectivity index (χ1n) is 8.35. The van der Waals surface area contributed by atoms with Crippen LogP contribution in [0.5, 0.6) is 0 Å². The smallest absolute Gasteiger partial charge is 0.0722 e. The maximum atomic E-state index is 6.34. The molecule has 2 aliphatic rings. The molecule has 0 bridgehead atoms. The molecular formula is C17H31ClN4. The molecule has 0 radical (unpaired) electrons. The van der Waals surface area contributed by atoms with Crippen molar-refractivity contribution in [2.24, 2.45) is 24.6 Å². The van der Waals surface area contributed by atoms with E-state index in [2.05, 4.69) is 31.9 Å². The minimum Gasteiger partial charge on any atom is -0.327 e. The van der Waals surface area contributed by atoms with Gasteiger partial charge in [-0.1, -0.05) is 27.2 Å². The Kier molecular flexibility index (Phi) is 5.25. The van der Waals surface area contributed by atoms with E-state index in [1.807, 2.05) is 11.7 Å². The van der Waals surface area contributed by atoms with Crippen LogP contribution in [0.25, 0.3) is 0 Å². The molecule has 22 heavy (non-hydrogen) atoms. The van der Waals surface area contributed by atoms with E-state index in [0.717, 1.165) is 12.5 Å². The lowest BCUT2D eigenvalue weighted by atomic mass is 9.78. The molecule has 2 fully saturated rings. The molecule has 0 spiro atoms. The van der Waals surface area contributed by atoms with E-state index in [1.54, 1.807) is 0 Å². The number of halogens is 1. The highest BCUT2D eigenvalue weighted by atomic mass is 35.5. The molecule has 0 amide bonds. The second kappa shape index (κ2) is 6.50. The molecule has 3 atom stereocenters. The van der Waals surface area contributed by atoms with Gasteiger partial charge in [-0.3, -0.25) is 9.58 Å². The van der Waals surface area contributed by atoms with Gasteiger partial charge in [0.1, 0.15) is 0 Å². The third-order valence-corrected chi connectivity index (χ3v) is 5.24. The molecule has 2 heterocycles. The van der Waals surface area contributed by atoms with Crippen molar-refractivity contribution in [2.45, 2.75) is 58.0 Å². The zero-order chi connectivity index (χ0) is 15.2. The fourth-order valence-electron chi connectivity index (χ4n) is 4.26. The first-order valence-corrected chi connectivity index (χ1v) is 8.35. The maximum absolute atomic E-state index is 6.34. The fraction of sp³-hybridized carbons (Fsp3) is 0.824. The molecule has 1 saturated carbocycles. The van der Waals surface area contributed by atoms with Gasteiger partial charge in [0.15, 0.2) is 0 Å². The van der Waals surface area contributed by atoms with Gasteiger partial charge in [0.05, 0.1) is 5.69 Å². The van der Waals surface area contributed by atoms with Crippen LogP contribution in [0.4, 0.5) is 0 Å². The van der Waals surface area contributed by atoms with Gasteiger partial charge in [-0.2, -0.15) is 5.10 Å². The number of aromatic nitrogens is 2. The molecule has 2 N–H and O–H groups in total. The predicted octanol–water partition coefficient (Wildman–Crippen LogP) is 2.70. The Morgan fingerprint density at radius 1 is 1.27 bits per heavy atom. The van der Waals surface area contributed by atoms with Crippen molar-refractivity contribution < 1.29 is 0 Å². The van der Waals surface area contributed by atoms with Crippen LogP contribution in [0, 0.1) is 11.8 Å². The lowest BCUT2D eigenvalue weighted by Gasteiger charge is -2.29. The summed E-state index contributed by atoms with van der Waals surface area (Å²) in [6, 6.07) is 0.421. The minimum absolute atomic E-state index is 0. The highest BCUT2D eigenvalue weighted by Crippen LogP contribution is 2.36.